The Labute approximate surface area is 157 Å². The number of rotatable bonds is 4. The van der Waals surface area contributed by atoms with Crippen LogP contribution < -0.4 is 5.73 Å². The Hall–Kier alpha value is -3.09. The molecule has 1 saturated heterocycles. The van der Waals surface area contributed by atoms with Crippen molar-refractivity contribution in [3.8, 4) is 0 Å². The highest BCUT2D eigenvalue weighted by Crippen LogP contribution is 2.31. The van der Waals surface area contributed by atoms with E-state index in [-0.39, 0.29) is 18.5 Å². The van der Waals surface area contributed by atoms with E-state index in [4.69, 9.17) is 5.73 Å². The Morgan fingerprint density at radius 2 is 2.11 bits per heavy atom. The highest BCUT2D eigenvalue weighted by molar-refractivity contribution is 6.06. The fraction of sp³-hybridized carbons (Fsp3) is 0.350. The molecule has 27 heavy (non-hydrogen) atoms. The Balaban J connectivity index is 1.63. The third kappa shape index (κ3) is 3.20. The lowest BCUT2D eigenvalue weighted by molar-refractivity contribution is -0.135. The Morgan fingerprint density at radius 3 is 2.85 bits per heavy atom. The fourth-order valence-corrected chi connectivity index (χ4v) is 3.96. The average molecular weight is 365 g/mol. The van der Waals surface area contributed by atoms with Gasteiger partial charge in [0.15, 0.2) is 0 Å². The summed E-state index contributed by atoms with van der Waals surface area (Å²) in [6.07, 6.45) is 4.67. The molecule has 0 bridgehead atoms. The number of aryl methyl sites for hydroxylation is 1. The van der Waals surface area contributed by atoms with Crippen molar-refractivity contribution in [2.75, 3.05) is 6.54 Å². The first-order valence-electron chi connectivity index (χ1n) is 9.23. The van der Waals surface area contributed by atoms with Gasteiger partial charge in [0.25, 0.3) is 5.91 Å². The minimum absolute atomic E-state index is 0.00589. The molecule has 3 heterocycles. The van der Waals surface area contributed by atoms with E-state index in [1.165, 1.54) is 0 Å². The molecule has 1 aliphatic heterocycles. The second-order valence-corrected chi connectivity index (χ2v) is 7.13. The van der Waals surface area contributed by atoms with E-state index in [0.29, 0.717) is 5.56 Å². The Kier molecular flexibility index (Phi) is 4.43. The van der Waals surface area contributed by atoms with Crippen molar-refractivity contribution in [3.05, 3.63) is 53.5 Å². The summed E-state index contributed by atoms with van der Waals surface area (Å²) in [7, 11) is 0. The summed E-state index contributed by atoms with van der Waals surface area (Å²) in [6.45, 7) is 2.85. The predicted molar refractivity (Wildman–Crippen MR) is 102 cm³/mol. The topological polar surface area (TPSA) is 97.0 Å². The summed E-state index contributed by atoms with van der Waals surface area (Å²) >= 11 is 0. The number of benzene rings is 1. The number of fused-ring (bicyclic) bond motifs is 1. The first-order chi connectivity index (χ1) is 13.0. The fourth-order valence-electron chi connectivity index (χ4n) is 3.96. The van der Waals surface area contributed by atoms with E-state index in [1.807, 2.05) is 46.7 Å². The number of likely N-dealkylation sites (tertiary alicyclic amines) is 1. The standard InChI is InChI=1S/C20H23N5O2/c1-13-10-16(23-22-13)18-8-4-5-9-25(18)19(26)12-24-11-15(20(21)27)14-6-2-3-7-17(14)24/h2-3,6-7,10-11,18H,4-5,8-9,12H2,1H3,(H2,21,27)(H,22,23). The van der Waals surface area contributed by atoms with Crippen molar-refractivity contribution >= 4 is 22.7 Å². The molecular formula is C20H23N5O2. The highest BCUT2D eigenvalue weighted by atomic mass is 16.2. The number of aromatic nitrogens is 3. The van der Waals surface area contributed by atoms with Crippen LogP contribution in [-0.4, -0.2) is 38.0 Å². The zero-order chi connectivity index (χ0) is 19.0. The molecular weight excluding hydrogens is 342 g/mol. The van der Waals surface area contributed by atoms with Crippen molar-refractivity contribution in [2.45, 2.75) is 38.8 Å². The summed E-state index contributed by atoms with van der Waals surface area (Å²) in [5, 5.41) is 8.11. The third-order valence-corrected chi connectivity index (χ3v) is 5.25. The van der Waals surface area contributed by atoms with E-state index < -0.39 is 5.91 Å². The van der Waals surface area contributed by atoms with Crippen molar-refractivity contribution < 1.29 is 9.59 Å². The first-order valence-corrected chi connectivity index (χ1v) is 9.23. The number of para-hydroxylation sites is 1. The molecule has 0 spiro atoms. The third-order valence-electron chi connectivity index (χ3n) is 5.25. The summed E-state index contributed by atoms with van der Waals surface area (Å²) < 4.78 is 1.82. The van der Waals surface area contributed by atoms with Gasteiger partial charge in [-0.1, -0.05) is 18.2 Å². The van der Waals surface area contributed by atoms with E-state index in [0.717, 1.165) is 48.1 Å². The Bertz CT molecular complexity index is 1000. The van der Waals surface area contributed by atoms with Crippen LogP contribution in [0.5, 0.6) is 0 Å². The van der Waals surface area contributed by atoms with Crippen LogP contribution in [-0.2, 0) is 11.3 Å². The van der Waals surface area contributed by atoms with E-state index in [9.17, 15) is 9.59 Å². The minimum atomic E-state index is -0.486. The molecule has 3 N–H and O–H groups in total. The van der Waals surface area contributed by atoms with Gasteiger partial charge in [0.2, 0.25) is 5.91 Å². The number of nitrogens with zero attached hydrogens (tertiary/aromatic N) is 3. The summed E-state index contributed by atoms with van der Waals surface area (Å²) in [4.78, 5) is 26.8. The molecule has 0 aliphatic carbocycles. The number of primary amides is 1. The van der Waals surface area contributed by atoms with Gasteiger partial charge in [-0.3, -0.25) is 14.7 Å². The molecule has 4 rings (SSSR count). The van der Waals surface area contributed by atoms with Crippen molar-refractivity contribution in [3.63, 3.8) is 0 Å². The molecule has 1 unspecified atom stereocenters. The van der Waals surface area contributed by atoms with Crippen molar-refractivity contribution in [1.29, 1.82) is 0 Å². The number of carbonyl (C=O) groups excluding carboxylic acids is 2. The quantitative estimate of drug-likeness (QED) is 0.743. The molecule has 7 heteroatoms. The molecule has 3 aromatic rings. The molecule has 140 valence electrons. The minimum Gasteiger partial charge on any atom is -0.366 e. The van der Waals surface area contributed by atoms with Crippen LogP contribution in [0.1, 0.15) is 47.1 Å². The number of piperidine rings is 1. The van der Waals surface area contributed by atoms with Gasteiger partial charge < -0.3 is 15.2 Å². The lowest BCUT2D eigenvalue weighted by Gasteiger charge is -2.35. The molecule has 2 aromatic heterocycles. The lowest BCUT2D eigenvalue weighted by Crippen LogP contribution is -2.40. The van der Waals surface area contributed by atoms with Crippen LogP contribution in [0.25, 0.3) is 10.9 Å². The van der Waals surface area contributed by atoms with Gasteiger partial charge in [-0.25, -0.2) is 0 Å². The molecule has 1 fully saturated rings. The number of amides is 2. The molecule has 1 aromatic carbocycles. The van der Waals surface area contributed by atoms with E-state index in [1.54, 1.807) is 6.20 Å². The van der Waals surface area contributed by atoms with Gasteiger partial charge in [-0.2, -0.15) is 5.10 Å². The van der Waals surface area contributed by atoms with Crippen LogP contribution in [0.2, 0.25) is 0 Å². The molecule has 0 radical (unpaired) electrons. The molecule has 7 nitrogen and oxygen atoms in total. The average Bonchev–Trinajstić information content (AvgIpc) is 3.26. The van der Waals surface area contributed by atoms with Crippen LogP contribution in [0.4, 0.5) is 0 Å². The molecule has 0 saturated carbocycles. The van der Waals surface area contributed by atoms with Crippen molar-refractivity contribution in [1.82, 2.24) is 19.7 Å². The van der Waals surface area contributed by atoms with Crippen LogP contribution in [0.3, 0.4) is 0 Å². The maximum Gasteiger partial charge on any atom is 0.250 e. The number of nitrogens with one attached hydrogen (secondary N) is 1. The number of H-pyrrole nitrogens is 1. The largest absolute Gasteiger partial charge is 0.366 e. The van der Waals surface area contributed by atoms with Gasteiger partial charge in [-0.05, 0) is 38.3 Å². The number of carbonyl (C=O) groups is 2. The van der Waals surface area contributed by atoms with Gasteiger partial charge in [0.05, 0.1) is 17.3 Å². The SMILES string of the molecule is Cc1cc(C2CCCCN2C(=O)Cn2cc(C(N)=O)c3ccccc32)n[nH]1. The summed E-state index contributed by atoms with van der Waals surface area (Å²) in [5.41, 5.74) is 8.69. The maximum atomic E-state index is 13.1. The van der Waals surface area contributed by atoms with E-state index >= 15 is 0 Å². The van der Waals surface area contributed by atoms with Gasteiger partial charge in [-0.15, -0.1) is 0 Å². The molecule has 1 aliphatic rings. The second kappa shape index (κ2) is 6.90. The monoisotopic (exact) mass is 365 g/mol. The number of aromatic amines is 1. The predicted octanol–water partition coefficient (Wildman–Crippen LogP) is 2.53. The van der Waals surface area contributed by atoms with Crippen LogP contribution >= 0.6 is 0 Å². The van der Waals surface area contributed by atoms with E-state index in [2.05, 4.69) is 10.2 Å². The number of hydrogen-bond acceptors (Lipinski definition) is 3. The summed E-state index contributed by atoms with van der Waals surface area (Å²) in [5.74, 6) is -0.461. The summed E-state index contributed by atoms with van der Waals surface area (Å²) in [6, 6.07) is 9.51. The van der Waals surface area contributed by atoms with Crippen molar-refractivity contribution in [2.24, 2.45) is 5.73 Å². The Morgan fingerprint density at radius 1 is 1.30 bits per heavy atom. The highest BCUT2D eigenvalue weighted by Gasteiger charge is 2.30. The number of nitrogens with two attached hydrogens (primary N) is 1. The maximum absolute atomic E-state index is 13.1. The van der Waals surface area contributed by atoms with Gasteiger partial charge in [0.1, 0.15) is 6.54 Å². The lowest BCUT2D eigenvalue weighted by atomic mass is 9.99. The normalized spacial score (nSPS) is 17.4. The number of hydrogen-bond donors (Lipinski definition) is 2. The smallest absolute Gasteiger partial charge is 0.250 e. The zero-order valence-corrected chi connectivity index (χ0v) is 15.3. The van der Waals surface area contributed by atoms with Gasteiger partial charge >= 0.3 is 0 Å². The molecule has 1 atom stereocenters. The zero-order valence-electron chi connectivity index (χ0n) is 15.3. The second-order valence-electron chi connectivity index (χ2n) is 7.13. The first kappa shape index (κ1) is 17.3. The molecule has 2 amide bonds. The van der Waals surface area contributed by atoms with Gasteiger partial charge in [0, 0.05) is 29.3 Å². The van der Waals surface area contributed by atoms with Crippen LogP contribution in [0, 0.1) is 6.92 Å². The van der Waals surface area contributed by atoms with Crippen LogP contribution in [0.15, 0.2) is 36.5 Å².